The normalized spacial score (nSPS) is 11.1. The van der Waals surface area contributed by atoms with E-state index in [4.69, 9.17) is 8.94 Å². The largest absolute Gasteiger partial charge is 0.420 e. The molecular formula is C21H19N3O2S. The van der Waals surface area contributed by atoms with Crippen LogP contribution >= 0.6 is 11.8 Å². The average Bonchev–Trinajstić information content (AvgIpc) is 3.28. The molecule has 0 aliphatic carbocycles. The number of nitrogens with zero attached hydrogens (tertiary/aromatic N) is 3. The second-order valence-corrected chi connectivity index (χ2v) is 7.40. The Hall–Kier alpha value is -2.86. The molecule has 0 atom stereocenters. The topological polar surface area (TPSA) is 65.0 Å². The molecule has 2 aromatic carbocycles. The molecule has 4 rings (SSSR count). The Morgan fingerprint density at radius 3 is 2.56 bits per heavy atom. The molecule has 0 aliphatic rings. The third-order valence-corrected chi connectivity index (χ3v) is 5.43. The van der Waals surface area contributed by atoms with Gasteiger partial charge in [0.05, 0.1) is 5.75 Å². The maximum absolute atomic E-state index is 5.91. The number of hydrogen-bond acceptors (Lipinski definition) is 6. The molecule has 0 fully saturated rings. The fourth-order valence-electron chi connectivity index (χ4n) is 2.93. The van der Waals surface area contributed by atoms with Gasteiger partial charge in [0, 0.05) is 10.5 Å². The number of rotatable bonds is 5. The van der Waals surface area contributed by atoms with Gasteiger partial charge in [-0.25, -0.2) is 0 Å². The average molecular weight is 377 g/mol. The number of aromatic nitrogens is 3. The van der Waals surface area contributed by atoms with Gasteiger partial charge in [-0.3, -0.25) is 0 Å². The Morgan fingerprint density at radius 1 is 0.963 bits per heavy atom. The van der Waals surface area contributed by atoms with Gasteiger partial charge in [0.1, 0.15) is 17.0 Å². The SMILES string of the molecule is Cc1ccc(SCc2nnc(-c3c(-c4ccccc4)noc3C)o2)c(C)c1. The second-order valence-electron chi connectivity index (χ2n) is 6.39. The minimum absolute atomic E-state index is 0.434. The number of hydrogen-bond donors (Lipinski definition) is 0. The van der Waals surface area contributed by atoms with E-state index in [2.05, 4.69) is 47.4 Å². The fourth-order valence-corrected chi connectivity index (χ4v) is 3.78. The Bertz CT molecular complexity index is 1070. The summed E-state index contributed by atoms with van der Waals surface area (Å²) in [4.78, 5) is 1.21. The summed E-state index contributed by atoms with van der Waals surface area (Å²) in [6, 6.07) is 16.3. The molecule has 0 spiro atoms. The van der Waals surface area contributed by atoms with Crippen LogP contribution < -0.4 is 0 Å². The lowest BCUT2D eigenvalue weighted by atomic mass is 10.1. The van der Waals surface area contributed by atoms with Crippen LogP contribution in [0.2, 0.25) is 0 Å². The van der Waals surface area contributed by atoms with Gasteiger partial charge in [-0.05, 0) is 32.4 Å². The van der Waals surface area contributed by atoms with Crippen molar-refractivity contribution in [3.8, 4) is 22.7 Å². The van der Waals surface area contributed by atoms with E-state index in [-0.39, 0.29) is 0 Å². The third-order valence-electron chi connectivity index (χ3n) is 4.27. The second kappa shape index (κ2) is 7.40. The summed E-state index contributed by atoms with van der Waals surface area (Å²) in [7, 11) is 0. The Morgan fingerprint density at radius 2 is 1.78 bits per heavy atom. The van der Waals surface area contributed by atoms with Crippen molar-refractivity contribution < 1.29 is 8.94 Å². The minimum Gasteiger partial charge on any atom is -0.420 e. The molecule has 136 valence electrons. The maximum atomic E-state index is 5.91. The van der Waals surface area contributed by atoms with Gasteiger partial charge in [-0.1, -0.05) is 53.2 Å². The van der Waals surface area contributed by atoms with Crippen LogP contribution in [0.15, 0.2) is 62.4 Å². The van der Waals surface area contributed by atoms with E-state index >= 15 is 0 Å². The summed E-state index contributed by atoms with van der Waals surface area (Å²) < 4.78 is 11.3. The van der Waals surface area contributed by atoms with Gasteiger partial charge in [0.25, 0.3) is 5.89 Å². The maximum Gasteiger partial charge on any atom is 0.253 e. The molecular weight excluding hydrogens is 358 g/mol. The molecule has 4 aromatic rings. The van der Waals surface area contributed by atoms with Gasteiger partial charge in [0.15, 0.2) is 0 Å². The van der Waals surface area contributed by atoms with Gasteiger partial charge in [-0.2, -0.15) is 0 Å². The summed E-state index contributed by atoms with van der Waals surface area (Å²) in [5.74, 6) is 2.28. The van der Waals surface area contributed by atoms with Crippen molar-refractivity contribution in [1.29, 1.82) is 0 Å². The van der Waals surface area contributed by atoms with Gasteiger partial charge in [0.2, 0.25) is 5.89 Å². The van der Waals surface area contributed by atoms with Crippen molar-refractivity contribution >= 4 is 11.8 Å². The van der Waals surface area contributed by atoms with Crippen molar-refractivity contribution in [2.24, 2.45) is 0 Å². The van der Waals surface area contributed by atoms with E-state index in [0.29, 0.717) is 29.0 Å². The lowest BCUT2D eigenvalue weighted by Crippen LogP contribution is -1.84. The van der Waals surface area contributed by atoms with Crippen LogP contribution in [0.25, 0.3) is 22.7 Å². The van der Waals surface area contributed by atoms with Crippen LogP contribution in [0.4, 0.5) is 0 Å². The van der Waals surface area contributed by atoms with Crippen LogP contribution in [0.1, 0.15) is 22.8 Å². The Labute approximate surface area is 161 Å². The lowest BCUT2D eigenvalue weighted by Gasteiger charge is -2.04. The van der Waals surface area contributed by atoms with Crippen molar-refractivity contribution in [1.82, 2.24) is 15.4 Å². The van der Waals surface area contributed by atoms with Crippen LogP contribution in [0.5, 0.6) is 0 Å². The van der Waals surface area contributed by atoms with Crippen molar-refractivity contribution in [2.75, 3.05) is 0 Å². The van der Waals surface area contributed by atoms with E-state index in [1.54, 1.807) is 11.8 Å². The molecule has 27 heavy (non-hydrogen) atoms. The van der Waals surface area contributed by atoms with E-state index in [1.807, 2.05) is 37.3 Å². The lowest BCUT2D eigenvalue weighted by molar-refractivity contribution is 0.399. The quantitative estimate of drug-likeness (QED) is 0.421. The zero-order valence-electron chi connectivity index (χ0n) is 15.4. The first kappa shape index (κ1) is 17.5. The standard InChI is InChI=1S/C21H19N3O2S/c1-13-9-10-17(14(2)11-13)27-12-18-22-23-21(25-18)19-15(3)26-24-20(19)16-7-5-4-6-8-16/h4-11H,12H2,1-3H3. The Balaban J connectivity index is 1.58. The number of aryl methyl sites for hydroxylation is 3. The monoisotopic (exact) mass is 377 g/mol. The van der Waals surface area contributed by atoms with Crippen LogP contribution in [-0.4, -0.2) is 15.4 Å². The first-order chi connectivity index (χ1) is 13.1. The van der Waals surface area contributed by atoms with E-state index < -0.39 is 0 Å². The fraction of sp³-hybridized carbons (Fsp3) is 0.190. The predicted molar refractivity (Wildman–Crippen MR) is 105 cm³/mol. The third kappa shape index (κ3) is 3.66. The zero-order chi connectivity index (χ0) is 18.8. The van der Waals surface area contributed by atoms with Gasteiger partial charge < -0.3 is 8.94 Å². The molecule has 0 amide bonds. The molecule has 0 bridgehead atoms. The van der Waals surface area contributed by atoms with Crippen molar-refractivity contribution in [2.45, 2.75) is 31.4 Å². The summed E-state index contributed by atoms with van der Waals surface area (Å²) >= 11 is 1.69. The van der Waals surface area contributed by atoms with Crippen molar-refractivity contribution in [3.63, 3.8) is 0 Å². The molecule has 2 heterocycles. The minimum atomic E-state index is 0.434. The molecule has 0 radical (unpaired) electrons. The first-order valence-corrected chi connectivity index (χ1v) is 9.65. The molecule has 0 unspecified atom stereocenters. The van der Waals surface area contributed by atoms with Crippen molar-refractivity contribution in [3.05, 3.63) is 71.3 Å². The van der Waals surface area contributed by atoms with Gasteiger partial charge in [-0.15, -0.1) is 22.0 Å². The molecule has 0 saturated heterocycles. The zero-order valence-corrected chi connectivity index (χ0v) is 16.2. The molecule has 6 heteroatoms. The summed E-state index contributed by atoms with van der Waals surface area (Å²) in [6.07, 6.45) is 0. The van der Waals surface area contributed by atoms with Crippen LogP contribution in [0.3, 0.4) is 0 Å². The van der Waals surface area contributed by atoms with Gasteiger partial charge >= 0.3 is 0 Å². The highest BCUT2D eigenvalue weighted by atomic mass is 32.2. The van der Waals surface area contributed by atoms with E-state index in [9.17, 15) is 0 Å². The summed E-state index contributed by atoms with van der Waals surface area (Å²) in [6.45, 7) is 6.06. The highest BCUT2D eigenvalue weighted by Gasteiger charge is 2.21. The first-order valence-electron chi connectivity index (χ1n) is 8.66. The summed E-state index contributed by atoms with van der Waals surface area (Å²) in [5.41, 5.74) is 4.92. The number of thioether (sulfide) groups is 1. The Kier molecular flexibility index (Phi) is 4.81. The highest BCUT2D eigenvalue weighted by Crippen LogP contribution is 2.34. The number of benzene rings is 2. The predicted octanol–water partition coefficient (Wildman–Crippen LogP) is 5.61. The summed E-state index contributed by atoms with van der Waals surface area (Å²) in [5, 5.41) is 12.6. The van der Waals surface area contributed by atoms with Crippen LogP contribution in [-0.2, 0) is 5.75 Å². The molecule has 0 saturated carbocycles. The molecule has 5 nitrogen and oxygen atoms in total. The molecule has 0 aliphatic heterocycles. The van der Waals surface area contributed by atoms with E-state index in [1.165, 1.54) is 16.0 Å². The highest BCUT2D eigenvalue weighted by molar-refractivity contribution is 7.98. The molecule has 0 N–H and O–H groups in total. The van der Waals surface area contributed by atoms with E-state index in [0.717, 1.165) is 11.1 Å². The molecule has 2 aromatic heterocycles. The van der Waals surface area contributed by atoms with Crippen LogP contribution in [0, 0.1) is 20.8 Å². The smallest absolute Gasteiger partial charge is 0.253 e.